The van der Waals surface area contributed by atoms with Crippen molar-refractivity contribution in [1.29, 1.82) is 0 Å². The molecule has 0 radical (unpaired) electrons. The van der Waals surface area contributed by atoms with Gasteiger partial charge in [0.15, 0.2) is 0 Å². The lowest BCUT2D eigenvalue weighted by Gasteiger charge is -2.07. The van der Waals surface area contributed by atoms with Crippen LogP contribution in [0, 0.1) is 0 Å². The predicted molar refractivity (Wildman–Crippen MR) is 112 cm³/mol. The molecule has 5 heteroatoms. The normalized spacial score (nSPS) is 11.0. The van der Waals surface area contributed by atoms with Gasteiger partial charge in [-0.25, -0.2) is 0 Å². The first-order chi connectivity index (χ1) is 13.3. The van der Waals surface area contributed by atoms with Crippen molar-refractivity contribution in [3.63, 3.8) is 0 Å². The zero-order valence-corrected chi connectivity index (χ0v) is 17.8. The third-order valence-corrected chi connectivity index (χ3v) is 4.68. The van der Waals surface area contributed by atoms with Crippen LogP contribution in [-0.2, 0) is 14.3 Å². The molecule has 0 atom stereocenters. The summed E-state index contributed by atoms with van der Waals surface area (Å²) in [4.78, 5) is 11.7. The minimum atomic E-state index is 0.0370. The number of unbranched alkanes of at least 4 members (excludes halogenated alkanes) is 12. The standard InChI is InChI=1S/C22H45NO4/c1-2-3-4-5-6-7-8-9-10-11-12-13-14-15-22(25)23-16-18-26-20-21-27-19-17-24/h24H,2-21H2,1H3,(H,23,25). The van der Waals surface area contributed by atoms with Gasteiger partial charge in [0.25, 0.3) is 0 Å². The molecule has 0 bridgehead atoms. The molecule has 0 aromatic heterocycles. The Morgan fingerprint density at radius 3 is 1.70 bits per heavy atom. The molecule has 1 amide bonds. The van der Waals surface area contributed by atoms with Gasteiger partial charge in [0.2, 0.25) is 5.91 Å². The molecule has 0 aromatic rings. The third-order valence-electron chi connectivity index (χ3n) is 4.68. The maximum absolute atomic E-state index is 11.7. The highest BCUT2D eigenvalue weighted by molar-refractivity contribution is 5.75. The highest BCUT2D eigenvalue weighted by atomic mass is 16.5. The maximum Gasteiger partial charge on any atom is 0.220 e. The van der Waals surface area contributed by atoms with Crippen molar-refractivity contribution in [3.8, 4) is 0 Å². The minimum Gasteiger partial charge on any atom is -0.394 e. The van der Waals surface area contributed by atoms with E-state index in [2.05, 4.69) is 12.2 Å². The topological polar surface area (TPSA) is 67.8 Å². The number of carbonyl (C=O) groups is 1. The number of carbonyl (C=O) groups excluding carboxylic acids is 1. The van der Waals surface area contributed by atoms with Crippen LogP contribution < -0.4 is 5.32 Å². The van der Waals surface area contributed by atoms with Crippen LogP contribution in [0.1, 0.15) is 96.8 Å². The molecule has 27 heavy (non-hydrogen) atoms. The van der Waals surface area contributed by atoms with Gasteiger partial charge in [0, 0.05) is 13.0 Å². The zero-order valence-electron chi connectivity index (χ0n) is 17.8. The fourth-order valence-corrected chi connectivity index (χ4v) is 3.04. The largest absolute Gasteiger partial charge is 0.394 e. The van der Waals surface area contributed by atoms with Crippen LogP contribution in [0.5, 0.6) is 0 Å². The van der Waals surface area contributed by atoms with Gasteiger partial charge >= 0.3 is 0 Å². The summed E-state index contributed by atoms with van der Waals surface area (Å²) in [7, 11) is 0. The Balaban J connectivity index is 3.12. The Bertz CT molecular complexity index is 300. The van der Waals surface area contributed by atoms with Crippen molar-refractivity contribution in [1.82, 2.24) is 5.32 Å². The van der Waals surface area contributed by atoms with E-state index in [-0.39, 0.29) is 12.5 Å². The number of hydrogen-bond donors (Lipinski definition) is 2. The van der Waals surface area contributed by atoms with Crippen LogP contribution in [0.3, 0.4) is 0 Å². The molecule has 0 unspecified atom stereocenters. The molecule has 2 N–H and O–H groups in total. The van der Waals surface area contributed by atoms with E-state index in [1.807, 2.05) is 0 Å². The van der Waals surface area contributed by atoms with Gasteiger partial charge in [-0.3, -0.25) is 4.79 Å². The molecule has 0 saturated heterocycles. The monoisotopic (exact) mass is 387 g/mol. The molecule has 0 saturated carbocycles. The SMILES string of the molecule is CCCCCCCCCCCCCCCC(=O)NCCOCCOCCO. The Kier molecular flexibility index (Phi) is 22.8. The average molecular weight is 388 g/mol. The predicted octanol–water partition coefficient (Wildman–Crippen LogP) is 4.61. The first kappa shape index (κ1) is 26.4. The van der Waals surface area contributed by atoms with E-state index < -0.39 is 0 Å². The lowest BCUT2D eigenvalue weighted by Crippen LogP contribution is -2.27. The second-order valence-electron chi connectivity index (χ2n) is 7.29. The summed E-state index contributed by atoms with van der Waals surface area (Å²) in [6, 6.07) is 0. The molecule has 0 spiro atoms. The smallest absolute Gasteiger partial charge is 0.220 e. The Labute approximate surface area is 167 Å². The van der Waals surface area contributed by atoms with E-state index in [1.54, 1.807) is 0 Å². The van der Waals surface area contributed by atoms with Gasteiger partial charge in [-0.05, 0) is 6.42 Å². The fraction of sp³-hybridized carbons (Fsp3) is 0.955. The highest BCUT2D eigenvalue weighted by Crippen LogP contribution is 2.12. The van der Waals surface area contributed by atoms with Crippen LogP contribution in [-0.4, -0.2) is 50.6 Å². The van der Waals surface area contributed by atoms with Crippen LogP contribution in [0.2, 0.25) is 0 Å². The molecular weight excluding hydrogens is 342 g/mol. The lowest BCUT2D eigenvalue weighted by atomic mass is 10.0. The van der Waals surface area contributed by atoms with E-state index in [0.29, 0.717) is 39.4 Å². The van der Waals surface area contributed by atoms with E-state index in [0.717, 1.165) is 12.8 Å². The van der Waals surface area contributed by atoms with Gasteiger partial charge in [0.05, 0.1) is 33.0 Å². The number of hydrogen-bond acceptors (Lipinski definition) is 4. The Morgan fingerprint density at radius 2 is 1.19 bits per heavy atom. The summed E-state index contributed by atoms with van der Waals surface area (Å²) in [5, 5.41) is 11.4. The molecule has 0 fully saturated rings. The summed E-state index contributed by atoms with van der Waals surface area (Å²) < 4.78 is 10.4. The number of aliphatic hydroxyl groups excluding tert-OH is 1. The second-order valence-corrected chi connectivity index (χ2v) is 7.29. The van der Waals surface area contributed by atoms with Gasteiger partial charge < -0.3 is 19.9 Å². The van der Waals surface area contributed by atoms with Crippen molar-refractivity contribution < 1.29 is 19.4 Å². The van der Waals surface area contributed by atoms with Crippen LogP contribution >= 0.6 is 0 Å². The van der Waals surface area contributed by atoms with Gasteiger partial charge in [-0.2, -0.15) is 0 Å². The maximum atomic E-state index is 11.7. The van der Waals surface area contributed by atoms with Crippen molar-refractivity contribution >= 4 is 5.91 Å². The summed E-state index contributed by atoms with van der Waals surface area (Å²) >= 11 is 0. The van der Waals surface area contributed by atoms with Gasteiger partial charge in [-0.1, -0.05) is 84.0 Å². The van der Waals surface area contributed by atoms with E-state index >= 15 is 0 Å². The van der Waals surface area contributed by atoms with E-state index in [9.17, 15) is 4.79 Å². The minimum absolute atomic E-state index is 0.0370. The molecule has 0 aliphatic heterocycles. The Morgan fingerprint density at radius 1 is 0.704 bits per heavy atom. The first-order valence-corrected chi connectivity index (χ1v) is 11.3. The van der Waals surface area contributed by atoms with Crippen molar-refractivity contribution in [2.75, 3.05) is 39.6 Å². The third kappa shape index (κ3) is 23.3. The summed E-state index contributed by atoms with van der Waals surface area (Å²) in [5.74, 6) is 0.123. The van der Waals surface area contributed by atoms with Crippen molar-refractivity contribution in [3.05, 3.63) is 0 Å². The van der Waals surface area contributed by atoms with Crippen LogP contribution in [0.25, 0.3) is 0 Å². The van der Waals surface area contributed by atoms with Crippen molar-refractivity contribution in [2.45, 2.75) is 96.8 Å². The molecule has 162 valence electrons. The molecule has 5 nitrogen and oxygen atoms in total. The van der Waals surface area contributed by atoms with Crippen LogP contribution in [0.15, 0.2) is 0 Å². The average Bonchev–Trinajstić information content (AvgIpc) is 2.67. The number of aliphatic hydroxyl groups is 1. The van der Waals surface area contributed by atoms with E-state index in [1.165, 1.54) is 70.6 Å². The summed E-state index contributed by atoms with van der Waals surface area (Å²) in [6.45, 7) is 4.68. The highest BCUT2D eigenvalue weighted by Gasteiger charge is 2.00. The first-order valence-electron chi connectivity index (χ1n) is 11.3. The molecule has 0 aliphatic rings. The second kappa shape index (κ2) is 23.4. The molecule has 0 rings (SSSR count). The molecule has 0 heterocycles. The summed E-state index contributed by atoms with van der Waals surface area (Å²) in [6.07, 6.45) is 17.8. The number of nitrogens with one attached hydrogen (secondary N) is 1. The number of ether oxygens (including phenoxy) is 2. The molecular formula is C22H45NO4. The quantitative estimate of drug-likeness (QED) is 0.266. The van der Waals surface area contributed by atoms with Crippen LogP contribution in [0.4, 0.5) is 0 Å². The zero-order chi connectivity index (χ0) is 19.8. The van der Waals surface area contributed by atoms with Gasteiger partial charge in [-0.15, -0.1) is 0 Å². The number of rotatable bonds is 22. The lowest BCUT2D eigenvalue weighted by molar-refractivity contribution is -0.121. The fourth-order valence-electron chi connectivity index (χ4n) is 3.04. The van der Waals surface area contributed by atoms with Crippen molar-refractivity contribution in [2.24, 2.45) is 0 Å². The molecule has 0 aromatic carbocycles. The molecule has 0 aliphatic carbocycles. The van der Waals surface area contributed by atoms with E-state index in [4.69, 9.17) is 14.6 Å². The number of amides is 1. The Hall–Kier alpha value is -0.650. The van der Waals surface area contributed by atoms with Gasteiger partial charge in [0.1, 0.15) is 0 Å². The summed E-state index contributed by atoms with van der Waals surface area (Å²) in [5.41, 5.74) is 0.